The number of hydrogen-bond acceptors (Lipinski definition) is 4. The molecule has 84 valence electrons. The molecule has 1 aromatic carbocycles. The van der Waals surface area contributed by atoms with Crippen molar-refractivity contribution in [3.05, 3.63) is 17.7 Å². The van der Waals surface area contributed by atoms with Crippen molar-refractivity contribution in [2.75, 3.05) is 13.2 Å². The van der Waals surface area contributed by atoms with Crippen LogP contribution in [0.4, 0.5) is 0 Å². The first-order valence-electron chi connectivity index (χ1n) is 4.95. The van der Waals surface area contributed by atoms with Crippen LogP contribution in [0.2, 0.25) is 0 Å². The Kier molecular flexibility index (Phi) is 4.24. The first-order chi connectivity index (χ1) is 7.22. The van der Waals surface area contributed by atoms with Crippen LogP contribution in [0.3, 0.4) is 0 Å². The van der Waals surface area contributed by atoms with Crippen molar-refractivity contribution in [2.45, 2.75) is 20.5 Å². The number of hydrogen-bond donors (Lipinski definition) is 2. The van der Waals surface area contributed by atoms with Crippen molar-refractivity contribution in [3.63, 3.8) is 0 Å². The van der Waals surface area contributed by atoms with E-state index in [1.807, 2.05) is 13.8 Å². The highest BCUT2D eigenvalue weighted by atomic mass is 16.5. The summed E-state index contributed by atoms with van der Waals surface area (Å²) >= 11 is 0. The summed E-state index contributed by atoms with van der Waals surface area (Å²) in [6, 6.07) is 3.13. The van der Waals surface area contributed by atoms with E-state index in [-0.39, 0.29) is 12.4 Å². The predicted octanol–water partition coefficient (Wildman–Crippen LogP) is 1.68. The monoisotopic (exact) mass is 212 g/mol. The minimum Gasteiger partial charge on any atom is -0.507 e. The Morgan fingerprint density at radius 1 is 1.13 bits per heavy atom. The van der Waals surface area contributed by atoms with Crippen LogP contribution in [0.1, 0.15) is 19.4 Å². The van der Waals surface area contributed by atoms with Crippen LogP contribution in [0.25, 0.3) is 0 Å². The zero-order chi connectivity index (χ0) is 11.3. The average molecular weight is 212 g/mol. The predicted molar refractivity (Wildman–Crippen MR) is 56.4 cm³/mol. The van der Waals surface area contributed by atoms with Crippen molar-refractivity contribution < 1.29 is 19.7 Å². The SMILES string of the molecule is CCOc1cc(O)c(CO)c(OCC)c1. The third-order valence-corrected chi connectivity index (χ3v) is 1.93. The molecule has 0 heterocycles. The fraction of sp³-hybridized carbons (Fsp3) is 0.455. The summed E-state index contributed by atoms with van der Waals surface area (Å²) < 4.78 is 10.5. The molecular formula is C11H16O4. The lowest BCUT2D eigenvalue weighted by Crippen LogP contribution is -1.99. The second kappa shape index (κ2) is 5.46. The molecule has 0 aliphatic carbocycles. The minimum absolute atomic E-state index is 0.00750. The molecule has 1 rings (SSSR count). The lowest BCUT2D eigenvalue weighted by Gasteiger charge is -2.12. The summed E-state index contributed by atoms with van der Waals surface area (Å²) in [5, 5.41) is 18.7. The fourth-order valence-corrected chi connectivity index (χ4v) is 1.30. The molecule has 0 bridgehead atoms. The standard InChI is InChI=1S/C11H16O4/c1-3-14-8-5-10(13)9(7-12)11(6-8)15-4-2/h5-6,12-13H,3-4,7H2,1-2H3. The molecule has 0 spiro atoms. The van der Waals surface area contributed by atoms with Gasteiger partial charge in [-0.05, 0) is 13.8 Å². The molecule has 0 amide bonds. The van der Waals surface area contributed by atoms with E-state index in [0.717, 1.165) is 0 Å². The van der Waals surface area contributed by atoms with E-state index < -0.39 is 0 Å². The fourth-order valence-electron chi connectivity index (χ4n) is 1.30. The van der Waals surface area contributed by atoms with Gasteiger partial charge in [0.05, 0.1) is 25.4 Å². The molecule has 15 heavy (non-hydrogen) atoms. The van der Waals surface area contributed by atoms with Crippen molar-refractivity contribution >= 4 is 0 Å². The topological polar surface area (TPSA) is 58.9 Å². The second-order valence-electron chi connectivity index (χ2n) is 2.94. The highest BCUT2D eigenvalue weighted by molar-refractivity contribution is 5.49. The maximum Gasteiger partial charge on any atom is 0.132 e. The van der Waals surface area contributed by atoms with Crippen LogP contribution in [-0.4, -0.2) is 23.4 Å². The quantitative estimate of drug-likeness (QED) is 0.779. The molecule has 2 N–H and O–H groups in total. The maximum atomic E-state index is 9.61. The van der Waals surface area contributed by atoms with Gasteiger partial charge in [0.1, 0.15) is 17.2 Å². The van der Waals surface area contributed by atoms with Gasteiger partial charge >= 0.3 is 0 Å². The van der Waals surface area contributed by atoms with Gasteiger partial charge in [-0.15, -0.1) is 0 Å². The first-order valence-corrected chi connectivity index (χ1v) is 4.95. The number of benzene rings is 1. The summed E-state index contributed by atoms with van der Waals surface area (Å²) in [6.45, 7) is 4.43. The summed E-state index contributed by atoms with van der Waals surface area (Å²) in [4.78, 5) is 0. The second-order valence-corrected chi connectivity index (χ2v) is 2.94. The Hall–Kier alpha value is -1.42. The number of rotatable bonds is 5. The van der Waals surface area contributed by atoms with Crippen LogP contribution in [-0.2, 0) is 6.61 Å². The minimum atomic E-state index is -0.256. The Labute approximate surface area is 89.1 Å². The van der Waals surface area contributed by atoms with Crippen molar-refractivity contribution in [1.82, 2.24) is 0 Å². The zero-order valence-corrected chi connectivity index (χ0v) is 8.99. The molecule has 0 saturated carbocycles. The molecule has 0 radical (unpaired) electrons. The molecular weight excluding hydrogens is 196 g/mol. The molecule has 0 aromatic heterocycles. The zero-order valence-electron chi connectivity index (χ0n) is 8.99. The molecule has 0 atom stereocenters. The third kappa shape index (κ3) is 2.76. The molecule has 4 heteroatoms. The van der Waals surface area contributed by atoms with Gasteiger partial charge in [0.2, 0.25) is 0 Å². The van der Waals surface area contributed by atoms with Gasteiger partial charge in [0.15, 0.2) is 0 Å². The number of phenols is 1. The molecule has 0 aliphatic heterocycles. The first kappa shape index (κ1) is 11.7. The van der Waals surface area contributed by atoms with Gasteiger partial charge in [-0.25, -0.2) is 0 Å². The molecule has 0 aliphatic rings. The number of aliphatic hydroxyl groups excluding tert-OH is 1. The number of ether oxygens (including phenoxy) is 2. The lowest BCUT2D eigenvalue weighted by molar-refractivity contribution is 0.258. The van der Waals surface area contributed by atoms with Gasteiger partial charge in [-0.2, -0.15) is 0 Å². The van der Waals surface area contributed by atoms with E-state index in [2.05, 4.69) is 0 Å². The summed E-state index contributed by atoms with van der Waals surface area (Å²) in [7, 11) is 0. The summed E-state index contributed by atoms with van der Waals surface area (Å²) in [5.41, 5.74) is 0.389. The Morgan fingerprint density at radius 2 is 1.80 bits per heavy atom. The summed E-state index contributed by atoms with van der Waals surface area (Å²) in [5.74, 6) is 0.992. The molecule has 4 nitrogen and oxygen atoms in total. The Bertz CT molecular complexity index is 323. The average Bonchev–Trinajstić information content (AvgIpc) is 2.18. The normalized spacial score (nSPS) is 10.1. The van der Waals surface area contributed by atoms with Crippen LogP contribution in [0.15, 0.2) is 12.1 Å². The van der Waals surface area contributed by atoms with Crippen molar-refractivity contribution in [3.8, 4) is 17.2 Å². The number of aliphatic hydroxyl groups is 1. The summed E-state index contributed by atoms with van der Waals surface area (Å²) in [6.07, 6.45) is 0. The largest absolute Gasteiger partial charge is 0.507 e. The molecule has 0 fully saturated rings. The maximum absolute atomic E-state index is 9.61. The van der Waals surface area contributed by atoms with Gasteiger partial charge in [-0.3, -0.25) is 0 Å². The van der Waals surface area contributed by atoms with Crippen LogP contribution < -0.4 is 9.47 Å². The molecule has 0 unspecified atom stereocenters. The van der Waals surface area contributed by atoms with E-state index in [1.54, 1.807) is 6.07 Å². The Morgan fingerprint density at radius 3 is 2.33 bits per heavy atom. The highest BCUT2D eigenvalue weighted by Crippen LogP contribution is 2.33. The van der Waals surface area contributed by atoms with E-state index in [9.17, 15) is 5.11 Å². The van der Waals surface area contributed by atoms with E-state index >= 15 is 0 Å². The van der Waals surface area contributed by atoms with Crippen molar-refractivity contribution in [1.29, 1.82) is 0 Å². The molecule has 0 saturated heterocycles. The van der Waals surface area contributed by atoms with Crippen LogP contribution in [0, 0.1) is 0 Å². The highest BCUT2D eigenvalue weighted by Gasteiger charge is 2.11. The lowest BCUT2D eigenvalue weighted by atomic mass is 10.2. The van der Waals surface area contributed by atoms with E-state index in [0.29, 0.717) is 30.3 Å². The van der Waals surface area contributed by atoms with E-state index in [4.69, 9.17) is 14.6 Å². The molecule has 1 aromatic rings. The van der Waals surface area contributed by atoms with Gasteiger partial charge in [-0.1, -0.05) is 0 Å². The van der Waals surface area contributed by atoms with Crippen LogP contribution in [0.5, 0.6) is 17.2 Å². The number of aromatic hydroxyl groups is 1. The van der Waals surface area contributed by atoms with Gasteiger partial charge < -0.3 is 19.7 Å². The van der Waals surface area contributed by atoms with E-state index in [1.165, 1.54) is 6.07 Å². The Balaban J connectivity index is 3.07. The third-order valence-electron chi connectivity index (χ3n) is 1.93. The van der Waals surface area contributed by atoms with Crippen molar-refractivity contribution in [2.24, 2.45) is 0 Å². The smallest absolute Gasteiger partial charge is 0.132 e. The van der Waals surface area contributed by atoms with Crippen LogP contribution >= 0.6 is 0 Å². The van der Waals surface area contributed by atoms with Gasteiger partial charge in [0, 0.05) is 12.1 Å². The van der Waals surface area contributed by atoms with Gasteiger partial charge in [0.25, 0.3) is 0 Å².